The van der Waals surface area contributed by atoms with Crippen LogP contribution < -0.4 is 5.32 Å². The van der Waals surface area contributed by atoms with Crippen molar-refractivity contribution >= 4 is 17.9 Å². The zero-order chi connectivity index (χ0) is 15.0. The lowest BCUT2D eigenvalue weighted by Crippen LogP contribution is -1.96. The van der Waals surface area contributed by atoms with Crippen LogP contribution in [-0.4, -0.2) is 15.8 Å². The quantitative estimate of drug-likeness (QED) is 0.749. The van der Waals surface area contributed by atoms with Crippen molar-refractivity contribution in [2.45, 2.75) is 13.8 Å². The van der Waals surface area contributed by atoms with Crippen LogP contribution in [0.4, 0.5) is 10.2 Å². The standard InChI is InChI=1S/C16H14FN3O/c1-10-4-3-5-13(17)15(10)12-6-7-14-19-16(18-9-21)11(2)20(14)8-12/h3-9H,1-2H3,(H,18,21). The molecule has 0 saturated carbocycles. The number of aromatic nitrogens is 2. The second kappa shape index (κ2) is 5.01. The maximum atomic E-state index is 14.1. The predicted molar refractivity (Wildman–Crippen MR) is 79.7 cm³/mol. The second-order valence-electron chi connectivity index (χ2n) is 4.89. The van der Waals surface area contributed by atoms with Gasteiger partial charge >= 0.3 is 0 Å². The fraction of sp³-hybridized carbons (Fsp3) is 0.125. The van der Waals surface area contributed by atoms with Crippen molar-refractivity contribution in [1.82, 2.24) is 9.38 Å². The van der Waals surface area contributed by atoms with Gasteiger partial charge in [0.1, 0.15) is 11.5 Å². The molecular weight excluding hydrogens is 269 g/mol. The number of benzene rings is 1. The Balaban J connectivity index is 2.21. The fourth-order valence-electron chi connectivity index (χ4n) is 2.50. The second-order valence-corrected chi connectivity index (χ2v) is 4.89. The number of imidazole rings is 1. The number of halogens is 1. The maximum absolute atomic E-state index is 14.1. The lowest BCUT2D eigenvalue weighted by Gasteiger charge is -2.08. The number of anilines is 1. The molecule has 0 fully saturated rings. The highest BCUT2D eigenvalue weighted by molar-refractivity contribution is 5.74. The van der Waals surface area contributed by atoms with E-state index < -0.39 is 0 Å². The summed E-state index contributed by atoms with van der Waals surface area (Å²) in [4.78, 5) is 14.9. The van der Waals surface area contributed by atoms with Crippen molar-refractivity contribution in [3.05, 3.63) is 53.6 Å². The number of carbonyl (C=O) groups excluding carboxylic acids is 1. The van der Waals surface area contributed by atoms with Gasteiger partial charge in [-0.2, -0.15) is 0 Å². The summed E-state index contributed by atoms with van der Waals surface area (Å²) in [6, 6.07) is 8.67. The van der Waals surface area contributed by atoms with Crippen molar-refractivity contribution in [2.75, 3.05) is 5.32 Å². The molecule has 106 valence electrons. The molecule has 0 aliphatic rings. The molecule has 1 aromatic carbocycles. The summed E-state index contributed by atoms with van der Waals surface area (Å²) in [7, 11) is 0. The molecule has 0 saturated heterocycles. The molecule has 0 spiro atoms. The summed E-state index contributed by atoms with van der Waals surface area (Å²) in [6.07, 6.45) is 2.43. The Morgan fingerprint density at radius 3 is 2.76 bits per heavy atom. The number of amides is 1. The van der Waals surface area contributed by atoms with E-state index in [2.05, 4.69) is 10.3 Å². The van der Waals surface area contributed by atoms with Gasteiger partial charge in [0.15, 0.2) is 5.82 Å². The molecule has 0 aliphatic heterocycles. The van der Waals surface area contributed by atoms with Gasteiger partial charge in [0.25, 0.3) is 0 Å². The average molecular weight is 283 g/mol. The Morgan fingerprint density at radius 1 is 1.24 bits per heavy atom. The van der Waals surface area contributed by atoms with Crippen LogP contribution >= 0.6 is 0 Å². The number of carbonyl (C=O) groups is 1. The molecule has 21 heavy (non-hydrogen) atoms. The smallest absolute Gasteiger partial charge is 0.212 e. The molecule has 3 rings (SSSR count). The van der Waals surface area contributed by atoms with Crippen molar-refractivity contribution in [3.8, 4) is 11.1 Å². The van der Waals surface area contributed by atoms with Crippen LogP contribution in [0.3, 0.4) is 0 Å². The number of rotatable bonds is 3. The Bertz CT molecular complexity index is 819. The van der Waals surface area contributed by atoms with Crippen molar-refractivity contribution in [1.29, 1.82) is 0 Å². The van der Waals surface area contributed by atoms with Crippen LogP contribution in [0.1, 0.15) is 11.3 Å². The predicted octanol–water partition coefficient (Wildman–Crippen LogP) is 3.33. The van der Waals surface area contributed by atoms with E-state index in [4.69, 9.17) is 0 Å². The van der Waals surface area contributed by atoms with Gasteiger partial charge < -0.3 is 9.72 Å². The number of aryl methyl sites for hydroxylation is 2. The number of hydrogen-bond donors (Lipinski definition) is 1. The highest BCUT2D eigenvalue weighted by Gasteiger charge is 2.12. The monoisotopic (exact) mass is 283 g/mol. The Kier molecular flexibility index (Phi) is 3.17. The first-order valence-corrected chi connectivity index (χ1v) is 6.56. The third-order valence-electron chi connectivity index (χ3n) is 3.56. The molecule has 4 nitrogen and oxygen atoms in total. The van der Waals surface area contributed by atoms with E-state index in [0.29, 0.717) is 23.4 Å². The van der Waals surface area contributed by atoms with Gasteiger partial charge in [-0.25, -0.2) is 9.37 Å². The normalized spacial score (nSPS) is 10.8. The SMILES string of the molecule is Cc1cccc(F)c1-c1ccc2nc(NC=O)c(C)n2c1. The molecule has 0 aliphatic carbocycles. The van der Waals surface area contributed by atoms with E-state index >= 15 is 0 Å². The highest BCUT2D eigenvalue weighted by Crippen LogP contribution is 2.28. The van der Waals surface area contributed by atoms with E-state index in [0.717, 1.165) is 16.8 Å². The molecule has 0 bridgehead atoms. The molecule has 0 radical (unpaired) electrons. The van der Waals surface area contributed by atoms with Gasteiger partial charge in [-0.05, 0) is 37.6 Å². The highest BCUT2D eigenvalue weighted by atomic mass is 19.1. The summed E-state index contributed by atoms with van der Waals surface area (Å²) >= 11 is 0. The molecule has 0 atom stereocenters. The largest absolute Gasteiger partial charge is 0.312 e. The molecule has 1 amide bonds. The van der Waals surface area contributed by atoms with Gasteiger partial charge in [-0.3, -0.25) is 4.79 Å². The Morgan fingerprint density at radius 2 is 2.05 bits per heavy atom. The van der Waals surface area contributed by atoms with E-state index in [1.165, 1.54) is 6.07 Å². The summed E-state index contributed by atoms with van der Waals surface area (Å²) < 4.78 is 15.9. The van der Waals surface area contributed by atoms with Gasteiger partial charge in [0.05, 0.1) is 5.69 Å². The lowest BCUT2D eigenvalue weighted by atomic mass is 10.0. The first kappa shape index (κ1) is 13.3. The summed E-state index contributed by atoms with van der Waals surface area (Å²) in [6.45, 7) is 3.73. The van der Waals surface area contributed by atoms with Crippen LogP contribution in [0.5, 0.6) is 0 Å². The van der Waals surface area contributed by atoms with Gasteiger partial charge in [0, 0.05) is 17.3 Å². The van der Waals surface area contributed by atoms with Crippen LogP contribution in [-0.2, 0) is 4.79 Å². The Hall–Kier alpha value is -2.69. The van der Waals surface area contributed by atoms with E-state index in [9.17, 15) is 9.18 Å². The van der Waals surface area contributed by atoms with Crippen LogP contribution in [0.25, 0.3) is 16.8 Å². The molecule has 0 unspecified atom stereocenters. The van der Waals surface area contributed by atoms with Crippen LogP contribution in [0, 0.1) is 19.7 Å². The minimum Gasteiger partial charge on any atom is -0.312 e. The number of pyridine rings is 1. The first-order valence-electron chi connectivity index (χ1n) is 6.56. The Labute approximate surface area is 121 Å². The number of nitrogens with one attached hydrogen (secondary N) is 1. The first-order chi connectivity index (χ1) is 10.1. The molecule has 5 heteroatoms. The van der Waals surface area contributed by atoms with Crippen molar-refractivity contribution in [2.24, 2.45) is 0 Å². The number of hydrogen-bond acceptors (Lipinski definition) is 2. The van der Waals surface area contributed by atoms with Crippen LogP contribution in [0.2, 0.25) is 0 Å². The fourth-order valence-corrected chi connectivity index (χ4v) is 2.50. The molecular formula is C16H14FN3O. The average Bonchev–Trinajstić information content (AvgIpc) is 2.76. The van der Waals surface area contributed by atoms with Gasteiger partial charge in [-0.15, -0.1) is 0 Å². The van der Waals surface area contributed by atoms with Crippen molar-refractivity contribution < 1.29 is 9.18 Å². The lowest BCUT2D eigenvalue weighted by molar-refractivity contribution is -0.105. The zero-order valence-electron chi connectivity index (χ0n) is 11.7. The molecule has 2 heterocycles. The minimum atomic E-state index is -0.252. The van der Waals surface area contributed by atoms with Crippen molar-refractivity contribution in [3.63, 3.8) is 0 Å². The summed E-state index contributed by atoms with van der Waals surface area (Å²) in [5.74, 6) is 0.255. The van der Waals surface area contributed by atoms with E-state index in [1.807, 2.05) is 42.6 Å². The zero-order valence-corrected chi connectivity index (χ0v) is 11.7. The van der Waals surface area contributed by atoms with E-state index in [1.54, 1.807) is 6.07 Å². The number of nitrogens with zero attached hydrogens (tertiary/aromatic N) is 2. The third-order valence-corrected chi connectivity index (χ3v) is 3.56. The van der Waals surface area contributed by atoms with Gasteiger partial charge in [-0.1, -0.05) is 12.1 Å². The minimum absolute atomic E-state index is 0.252. The summed E-state index contributed by atoms with van der Waals surface area (Å²) in [5, 5.41) is 2.56. The molecule has 2 aromatic heterocycles. The topological polar surface area (TPSA) is 46.4 Å². The maximum Gasteiger partial charge on any atom is 0.212 e. The van der Waals surface area contributed by atoms with E-state index in [-0.39, 0.29) is 5.82 Å². The van der Waals surface area contributed by atoms with Crippen LogP contribution in [0.15, 0.2) is 36.5 Å². The molecule has 3 aromatic rings. The van der Waals surface area contributed by atoms with Gasteiger partial charge in [0.2, 0.25) is 6.41 Å². The summed E-state index contributed by atoms with van der Waals surface area (Å²) in [5.41, 5.74) is 3.73. The number of fused-ring (bicyclic) bond motifs is 1. The molecule has 1 N–H and O–H groups in total. The third kappa shape index (κ3) is 2.16.